The number of nitrogens with two attached hydrogens (primary N) is 1. The third-order valence-electron chi connectivity index (χ3n) is 2.44. The van der Waals surface area contributed by atoms with Gasteiger partial charge < -0.3 is 5.73 Å². The molecular formula is C14H13NS2. The third kappa shape index (κ3) is 3.32. The van der Waals surface area contributed by atoms with E-state index in [1.54, 1.807) is 0 Å². The van der Waals surface area contributed by atoms with Crippen LogP contribution < -0.4 is 5.73 Å². The van der Waals surface area contributed by atoms with Crippen LogP contribution in [0.3, 0.4) is 0 Å². The molecule has 2 rings (SSSR count). The van der Waals surface area contributed by atoms with Crippen LogP contribution in [0.15, 0.2) is 60.7 Å². The van der Waals surface area contributed by atoms with E-state index in [0.29, 0.717) is 4.32 Å². The van der Waals surface area contributed by atoms with Crippen molar-refractivity contribution in [3.63, 3.8) is 0 Å². The number of thioether (sulfide) groups is 1. The largest absolute Gasteiger partial charge is 0.385 e. The molecule has 0 fully saturated rings. The maximum absolute atomic E-state index is 5.66. The maximum Gasteiger partial charge on any atom is 0.132 e. The molecule has 17 heavy (non-hydrogen) atoms. The molecule has 2 N–H and O–H groups in total. The zero-order chi connectivity index (χ0) is 12.1. The molecule has 1 nitrogen and oxygen atoms in total. The lowest BCUT2D eigenvalue weighted by Crippen LogP contribution is -2.07. The molecule has 0 aliphatic rings. The van der Waals surface area contributed by atoms with E-state index in [4.69, 9.17) is 18.0 Å². The summed E-state index contributed by atoms with van der Waals surface area (Å²) in [7, 11) is 0. The lowest BCUT2D eigenvalue weighted by Gasteiger charge is -2.16. The quantitative estimate of drug-likeness (QED) is 0.850. The summed E-state index contributed by atoms with van der Waals surface area (Å²) in [5.74, 6) is 0. The molecule has 0 spiro atoms. The average molecular weight is 259 g/mol. The minimum Gasteiger partial charge on any atom is -0.385 e. The van der Waals surface area contributed by atoms with Crippen molar-refractivity contribution in [2.45, 2.75) is 5.25 Å². The first kappa shape index (κ1) is 12.1. The molecular weight excluding hydrogens is 246 g/mol. The smallest absolute Gasteiger partial charge is 0.132 e. The van der Waals surface area contributed by atoms with Gasteiger partial charge in [-0.05, 0) is 11.1 Å². The van der Waals surface area contributed by atoms with Gasteiger partial charge in [-0.15, -0.1) is 0 Å². The van der Waals surface area contributed by atoms with Crippen molar-refractivity contribution in [3.8, 4) is 0 Å². The lowest BCUT2D eigenvalue weighted by molar-refractivity contribution is 1.16. The maximum atomic E-state index is 5.66. The highest BCUT2D eigenvalue weighted by molar-refractivity contribution is 8.23. The van der Waals surface area contributed by atoms with Crippen molar-refractivity contribution in [1.29, 1.82) is 0 Å². The van der Waals surface area contributed by atoms with Gasteiger partial charge in [-0.1, -0.05) is 84.6 Å². The summed E-state index contributed by atoms with van der Waals surface area (Å²) in [6.45, 7) is 0. The molecule has 0 radical (unpaired) electrons. The number of hydrogen-bond donors (Lipinski definition) is 1. The first-order chi connectivity index (χ1) is 8.27. The Bertz CT molecular complexity index is 443. The second kappa shape index (κ2) is 5.84. The Kier molecular flexibility index (Phi) is 4.18. The van der Waals surface area contributed by atoms with E-state index in [9.17, 15) is 0 Å². The van der Waals surface area contributed by atoms with Crippen molar-refractivity contribution >= 4 is 28.3 Å². The van der Waals surface area contributed by atoms with Crippen LogP contribution in [0.1, 0.15) is 16.4 Å². The van der Waals surface area contributed by atoms with Crippen molar-refractivity contribution in [3.05, 3.63) is 71.8 Å². The fourth-order valence-electron chi connectivity index (χ4n) is 1.70. The Morgan fingerprint density at radius 2 is 1.29 bits per heavy atom. The first-order valence-corrected chi connectivity index (χ1v) is 6.62. The highest BCUT2D eigenvalue weighted by Gasteiger charge is 2.15. The van der Waals surface area contributed by atoms with E-state index in [1.165, 1.54) is 22.9 Å². The minimum absolute atomic E-state index is 0.176. The highest BCUT2D eigenvalue weighted by Crippen LogP contribution is 2.35. The van der Waals surface area contributed by atoms with Gasteiger partial charge in [0.1, 0.15) is 4.32 Å². The van der Waals surface area contributed by atoms with Gasteiger partial charge >= 0.3 is 0 Å². The van der Waals surface area contributed by atoms with Gasteiger partial charge in [-0.3, -0.25) is 0 Å². The summed E-state index contributed by atoms with van der Waals surface area (Å²) >= 11 is 6.53. The number of rotatable bonds is 3. The zero-order valence-corrected chi connectivity index (χ0v) is 10.9. The molecule has 86 valence electrons. The van der Waals surface area contributed by atoms with E-state index >= 15 is 0 Å². The molecule has 0 amide bonds. The van der Waals surface area contributed by atoms with Gasteiger partial charge in [0.2, 0.25) is 0 Å². The Balaban J connectivity index is 2.36. The molecule has 0 unspecified atom stereocenters. The fourth-order valence-corrected chi connectivity index (χ4v) is 2.81. The van der Waals surface area contributed by atoms with Crippen LogP contribution in [0.5, 0.6) is 0 Å². The molecule has 2 aromatic rings. The SMILES string of the molecule is NC(=S)SC(c1ccccc1)c1ccccc1. The lowest BCUT2D eigenvalue weighted by atomic mass is 10.0. The van der Waals surface area contributed by atoms with E-state index in [-0.39, 0.29) is 5.25 Å². The standard InChI is InChI=1S/C14H13NS2/c15-14(16)17-13(11-7-3-1-4-8-11)12-9-5-2-6-10-12/h1-10,13H,(H2,15,16). The molecule has 0 saturated carbocycles. The van der Waals surface area contributed by atoms with Gasteiger partial charge in [0.25, 0.3) is 0 Å². The summed E-state index contributed by atoms with van der Waals surface area (Å²) in [4.78, 5) is 0. The van der Waals surface area contributed by atoms with Crippen molar-refractivity contribution in [1.82, 2.24) is 0 Å². The summed E-state index contributed by atoms with van der Waals surface area (Å²) in [6.07, 6.45) is 0. The monoisotopic (exact) mass is 259 g/mol. The van der Waals surface area contributed by atoms with Gasteiger partial charge in [-0.2, -0.15) is 0 Å². The predicted molar refractivity (Wildman–Crippen MR) is 79.1 cm³/mol. The van der Waals surface area contributed by atoms with Gasteiger partial charge in [0.15, 0.2) is 0 Å². The van der Waals surface area contributed by atoms with Crippen LogP contribution in [0.2, 0.25) is 0 Å². The summed E-state index contributed by atoms with van der Waals surface area (Å²) in [5, 5.41) is 0.176. The molecule has 0 saturated heterocycles. The number of hydrogen-bond acceptors (Lipinski definition) is 2. The minimum atomic E-state index is 0.176. The van der Waals surface area contributed by atoms with Crippen LogP contribution in [0, 0.1) is 0 Å². The van der Waals surface area contributed by atoms with Crippen LogP contribution in [-0.4, -0.2) is 4.32 Å². The molecule has 3 heteroatoms. The van der Waals surface area contributed by atoms with E-state index < -0.39 is 0 Å². The van der Waals surface area contributed by atoms with Crippen LogP contribution in [0.25, 0.3) is 0 Å². The summed E-state index contributed by atoms with van der Waals surface area (Å²) in [6, 6.07) is 20.6. The van der Waals surface area contributed by atoms with E-state index in [2.05, 4.69) is 24.3 Å². The van der Waals surface area contributed by atoms with E-state index in [0.717, 1.165) is 0 Å². The van der Waals surface area contributed by atoms with Gasteiger partial charge in [0, 0.05) is 0 Å². The normalized spacial score (nSPS) is 10.4. The molecule has 0 bridgehead atoms. The zero-order valence-electron chi connectivity index (χ0n) is 9.24. The topological polar surface area (TPSA) is 26.0 Å². The predicted octanol–water partition coefficient (Wildman–Crippen LogP) is 3.75. The Hall–Kier alpha value is -1.32. The van der Waals surface area contributed by atoms with Gasteiger partial charge in [0.05, 0.1) is 5.25 Å². The molecule has 2 aromatic carbocycles. The van der Waals surface area contributed by atoms with Crippen LogP contribution >= 0.6 is 24.0 Å². The van der Waals surface area contributed by atoms with Crippen molar-refractivity contribution < 1.29 is 0 Å². The van der Waals surface area contributed by atoms with Gasteiger partial charge in [-0.25, -0.2) is 0 Å². The number of thiocarbonyl (C=S) groups is 1. The molecule has 0 aliphatic heterocycles. The van der Waals surface area contributed by atoms with Crippen LogP contribution in [0.4, 0.5) is 0 Å². The van der Waals surface area contributed by atoms with E-state index in [1.807, 2.05) is 36.4 Å². The first-order valence-electron chi connectivity index (χ1n) is 5.33. The number of benzene rings is 2. The molecule has 0 atom stereocenters. The second-order valence-electron chi connectivity index (χ2n) is 3.64. The summed E-state index contributed by atoms with van der Waals surface area (Å²) in [5.41, 5.74) is 8.10. The van der Waals surface area contributed by atoms with Crippen molar-refractivity contribution in [2.75, 3.05) is 0 Å². The Morgan fingerprint density at radius 3 is 1.65 bits per heavy atom. The average Bonchev–Trinajstić information content (AvgIpc) is 2.38. The molecule has 0 aromatic heterocycles. The highest BCUT2D eigenvalue weighted by atomic mass is 32.2. The Labute approximate surface area is 111 Å². The summed E-state index contributed by atoms with van der Waals surface area (Å²) < 4.78 is 0.475. The third-order valence-corrected chi connectivity index (χ3v) is 3.74. The van der Waals surface area contributed by atoms with Crippen molar-refractivity contribution in [2.24, 2.45) is 5.73 Å². The molecule has 0 heterocycles. The Morgan fingerprint density at radius 1 is 0.882 bits per heavy atom. The van der Waals surface area contributed by atoms with Crippen LogP contribution in [-0.2, 0) is 0 Å². The fraction of sp³-hybridized carbons (Fsp3) is 0.0714. The second-order valence-corrected chi connectivity index (χ2v) is 5.48. The molecule has 0 aliphatic carbocycles.